The molecule has 2 N–H and O–H groups in total. The molecule has 1 aliphatic rings. The van der Waals surface area contributed by atoms with Crippen molar-refractivity contribution in [3.05, 3.63) is 11.9 Å². The molecule has 0 spiro atoms. The Hall–Kier alpha value is -1.36. The minimum Gasteiger partial charge on any atom is -0.378 e. The molecule has 0 saturated heterocycles. The third kappa shape index (κ3) is 3.46. The van der Waals surface area contributed by atoms with Gasteiger partial charge in [-0.05, 0) is 19.8 Å². The summed E-state index contributed by atoms with van der Waals surface area (Å²) in [6.07, 6.45) is 3.32. The molecular weight excluding hydrogens is 264 g/mol. The van der Waals surface area contributed by atoms with E-state index < -0.39 is 0 Å². The highest BCUT2D eigenvalue weighted by Crippen LogP contribution is 2.44. The summed E-state index contributed by atoms with van der Waals surface area (Å²) >= 11 is 0. The number of rotatable bonds is 7. The van der Waals surface area contributed by atoms with Crippen LogP contribution in [0.5, 0.6) is 0 Å². The van der Waals surface area contributed by atoms with Gasteiger partial charge in [-0.25, -0.2) is 9.97 Å². The first-order valence-corrected chi connectivity index (χ1v) is 7.95. The molecule has 2 atom stereocenters. The Labute approximate surface area is 127 Å². The lowest BCUT2D eigenvalue weighted by molar-refractivity contribution is -0.0976. The second-order valence-corrected chi connectivity index (χ2v) is 6.25. The molecule has 1 saturated carbocycles. The summed E-state index contributed by atoms with van der Waals surface area (Å²) in [4.78, 5) is 9.11. The fourth-order valence-corrected chi connectivity index (χ4v) is 2.83. The summed E-state index contributed by atoms with van der Waals surface area (Å²) < 4.78 is 5.78. The summed E-state index contributed by atoms with van der Waals surface area (Å²) in [7, 11) is 1.89. The molecule has 2 rings (SSSR count). The van der Waals surface area contributed by atoms with Crippen molar-refractivity contribution < 1.29 is 4.74 Å². The lowest BCUT2D eigenvalue weighted by Crippen LogP contribution is -2.58. The zero-order valence-electron chi connectivity index (χ0n) is 13.9. The van der Waals surface area contributed by atoms with E-state index in [-0.39, 0.29) is 5.41 Å². The van der Waals surface area contributed by atoms with Crippen LogP contribution in [0.1, 0.15) is 46.4 Å². The first kappa shape index (κ1) is 16.0. The summed E-state index contributed by atoms with van der Waals surface area (Å²) in [5, 5.41) is 6.67. The minimum absolute atomic E-state index is 0.131. The molecule has 0 aromatic carbocycles. The van der Waals surface area contributed by atoms with E-state index in [2.05, 4.69) is 48.3 Å². The molecule has 0 bridgehead atoms. The van der Waals surface area contributed by atoms with Gasteiger partial charge in [-0.2, -0.15) is 0 Å². The summed E-state index contributed by atoms with van der Waals surface area (Å²) in [5.74, 6) is 2.67. The highest BCUT2D eigenvalue weighted by molar-refractivity contribution is 5.48. The molecule has 118 valence electrons. The quantitative estimate of drug-likeness (QED) is 0.808. The van der Waals surface area contributed by atoms with E-state index in [0.29, 0.717) is 12.1 Å². The largest absolute Gasteiger partial charge is 0.378 e. The Morgan fingerprint density at radius 1 is 1.29 bits per heavy atom. The van der Waals surface area contributed by atoms with Gasteiger partial charge in [0.1, 0.15) is 17.5 Å². The van der Waals surface area contributed by atoms with E-state index in [1.165, 1.54) is 0 Å². The van der Waals surface area contributed by atoms with E-state index >= 15 is 0 Å². The van der Waals surface area contributed by atoms with Crippen molar-refractivity contribution in [1.82, 2.24) is 9.97 Å². The maximum absolute atomic E-state index is 5.78. The van der Waals surface area contributed by atoms with E-state index in [1.54, 1.807) is 0 Å². The topological polar surface area (TPSA) is 59.1 Å². The maximum Gasteiger partial charge on any atom is 0.133 e. The third-order valence-electron chi connectivity index (χ3n) is 4.37. The number of hydrogen-bond acceptors (Lipinski definition) is 5. The lowest BCUT2D eigenvalue weighted by Gasteiger charge is -2.51. The van der Waals surface area contributed by atoms with E-state index in [9.17, 15) is 0 Å². The Balaban J connectivity index is 2.08. The smallest absolute Gasteiger partial charge is 0.133 e. The van der Waals surface area contributed by atoms with Crippen molar-refractivity contribution in [1.29, 1.82) is 0 Å². The van der Waals surface area contributed by atoms with Gasteiger partial charge in [0.15, 0.2) is 0 Å². The second-order valence-electron chi connectivity index (χ2n) is 6.25. The van der Waals surface area contributed by atoms with Crippen molar-refractivity contribution in [2.75, 3.05) is 24.3 Å². The number of aryl methyl sites for hydroxylation is 1. The van der Waals surface area contributed by atoms with E-state index in [4.69, 9.17) is 4.74 Å². The Bertz CT molecular complexity index is 475. The number of ether oxygens (including phenoxy) is 1. The van der Waals surface area contributed by atoms with Gasteiger partial charge in [-0.15, -0.1) is 0 Å². The number of nitrogens with zero attached hydrogens (tertiary/aromatic N) is 2. The minimum atomic E-state index is 0.131. The van der Waals surface area contributed by atoms with Gasteiger partial charge in [0.25, 0.3) is 0 Å². The van der Waals surface area contributed by atoms with Crippen LogP contribution < -0.4 is 10.6 Å². The van der Waals surface area contributed by atoms with Crippen LogP contribution in [0.25, 0.3) is 0 Å². The SMILES string of the molecule is CCCc1nc(NC)cc(NC2CC(OCC)C2(C)C)n1. The molecule has 1 aromatic heterocycles. The van der Waals surface area contributed by atoms with Crippen LogP contribution in [0.15, 0.2) is 6.07 Å². The molecular formula is C16H28N4O. The van der Waals surface area contributed by atoms with Crippen molar-refractivity contribution in [2.45, 2.75) is 59.1 Å². The van der Waals surface area contributed by atoms with Gasteiger partial charge in [0, 0.05) is 37.6 Å². The first-order valence-electron chi connectivity index (χ1n) is 7.95. The fraction of sp³-hybridized carbons (Fsp3) is 0.750. The highest BCUT2D eigenvalue weighted by atomic mass is 16.5. The van der Waals surface area contributed by atoms with Crippen molar-refractivity contribution in [3.8, 4) is 0 Å². The highest BCUT2D eigenvalue weighted by Gasteiger charge is 2.49. The van der Waals surface area contributed by atoms with Crippen LogP contribution >= 0.6 is 0 Å². The predicted octanol–water partition coefficient (Wildman–Crippen LogP) is 3.09. The van der Waals surface area contributed by atoms with Crippen LogP contribution in [-0.2, 0) is 11.2 Å². The monoisotopic (exact) mass is 292 g/mol. The van der Waals surface area contributed by atoms with Crippen LogP contribution in [-0.4, -0.2) is 35.8 Å². The molecule has 1 heterocycles. The second kappa shape index (κ2) is 6.60. The predicted molar refractivity (Wildman–Crippen MR) is 86.8 cm³/mol. The molecule has 5 nitrogen and oxygen atoms in total. The first-order chi connectivity index (χ1) is 10.0. The third-order valence-corrected chi connectivity index (χ3v) is 4.37. The number of hydrogen-bond donors (Lipinski definition) is 2. The molecule has 1 fully saturated rings. The molecule has 0 aliphatic heterocycles. The number of aromatic nitrogens is 2. The zero-order valence-corrected chi connectivity index (χ0v) is 13.9. The van der Waals surface area contributed by atoms with Crippen LogP contribution in [0.4, 0.5) is 11.6 Å². The van der Waals surface area contributed by atoms with Gasteiger partial charge in [0.05, 0.1) is 6.10 Å². The van der Waals surface area contributed by atoms with Gasteiger partial charge >= 0.3 is 0 Å². The van der Waals surface area contributed by atoms with Crippen molar-refractivity contribution >= 4 is 11.6 Å². The van der Waals surface area contributed by atoms with Crippen LogP contribution in [0, 0.1) is 5.41 Å². The fourth-order valence-electron chi connectivity index (χ4n) is 2.83. The average molecular weight is 292 g/mol. The van der Waals surface area contributed by atoms with Crippen LogP contribution in [0.3, 0.4) is 0 Å². The molecule has 2 unspecified atom stereocenters. The average Bonchev–Trinajstić information content (AvgIpc) is 2.46. The van der Waals surface area contributed by atoms with Crippen molar-refractivity contribution in [3.63, 3.8) is 0 Å². The van der Waals surface area contributed by atoms with Gasteiger partial charge in [-0.1, -0.05) is 20.8 Å². The molecule has 0 radical (unpaired) electrons. The van der Waals surface area contributed by atoms with Gasteiger partial charge in [-0.3, -0.25) is 0 Å². The molecule has 5 heteroatoms. The zero-order chi connectivity index (χ0) is 15.5. The Kier molecular flexibility index (Phi) is 5.04. The lowest BCUT2D eigenvalue weighted by atomic mass is 9.64. The molecule has 0 amide bonds. The van der Waals surface area contributed by atoms with Crippen molar-refractivity contribution in [2.24, 2.45) is 5.41 Å². The summed E-state index contributed by atoms with van der Waals surface area (Å²) in [6, 6.07) is 2.37. The number of nitrogens with one attached hydrogen (secondary N) is 2. The molecule has 1 aromatic rings. The van der Waals surface area contributed by atoms with E-state index in [0.717, 1.165) is 43.3 Å². The molecule has 1 aliphatic carbocycles. The standard InChI is InChI=1S/C16H28N4O/c1-6-8-13-19-14(17-5)10-15(20-13)18-11-9-12(21-7-2)16(11,3)4/h10-12H,6-9H2,1-5H3,(H2,17,18,19,20). The number of anilines is 2. The van der Waals surface area contributed by atoms with Gasteiger partial charge < -0.3 is 15.4 Å². The Morgan fingerprint density at radius 3 is 2.57 bits per heavy atom. The summed E-state index contributed by atoms with van der Waals surface area (Å²) in [5.41, 5.74) is 0.131. The van der Waals surface area contributed by atoms with Crippen LogP contribution in [0.2, 0.25) is 0 Å². The normalized spacial score (nSPS) is 23.5. The summed E-state index contributed by atoms with van der Waals surface area (Å²) in [6.45, 7) is 9.48. The molecule has 21 heavy (non-hydrogen) atoms. The van der Waals surface area contributed by atoms with E-state index in [1.807, 2.05) is 13.1 Å². The maximum atomic E-state index is 5.78. The van der Waals surface area contributed by atoms with Gasteiger partial charge in [0.2, 0.25) is 0 Å². The Morgan fingerprint density at radius 2 is 2.00 bits per heavy atom.